The van der Waals surface area contributed by atoms with Gasteiger partial charge in [0.2, 0.25) is 5.78 Å². The summed E-state index contributed by atoms with van der Waals surface area (Å²) in [5.74, 6) is -1.36. The Hall–Kier alpha value is -2.28. The molecule has 0 saturated carbocycles. The predicted octanol–water partition coefficient (Wildman–Crippen LogP) is 3.00. The van der Waals surface area contributed by atoms with Gasteiger partial charge in [-0.3, -0.25) is 4.40 Å². The Bertz CT molecular complexity index is 832. The zero-order valence-electron chi connectivity index (χ0n) is 9.92. The molecule has 0 aliphatic heterocycles. The van der Waals surface area contributed by atoms with Crippen molar-refractivity contribution in [1.82, 2.24) is 14.4 Å². The van der Waals surface area contributed by atoms with Crippen LogP contribution < -0.4 is 0 Å². The minimum atomic E-state index is -1.15. The molecule has 0 fully saturated rings. The first-order valence-corrected chi connectivity index (χ1v) is 6.38. The van der Waals surface area contributed by atoms with Gasteiger partial charge in [-0.2, -0.15) is 0 Å². The van der Waals surface area contributed by atoms with Gasteiger partial charge in [0.1, 0.15) is 5.82 Å². The van der Waals surface area contributed by atoms with Gasteiger partial charge in [0.15, 0.2) is 5.69 Å². The van der Waals surface area contributed by atoms with Crippen LogP contribution in [0.3, 0.4) is 0 Å². The van der Waals surface area contributed by atoms with E-state index in [4.69, 9.17) is 5.11 Å². The molecule has 3 rings (SSSR count). The summed E-state index contributed by atoms with van der Waals surface area (Å²) >= 11 is 3.19. The first-order chi connectivity index (χ1) is 9.56. The van der Waals surface area contributed by atoms with Crippen LogP contribution in [-0.4, -0.2) is 25.4 Å². The molecule has 1 N–H and O–H groups in total. The molecule has 7 heteroatoms. The molecule has 0 aliphatic carbocycles. The summed E-state index contributed by atoms with van der Waals surface area (Å²) in [4.78, 5) is 18.8. The van der Waals surface area contributed by atoms with E-state index in [-0.39, 0.29) is 11.5 Å². The van der Waals surface area contributed by atoms with Crippen LogP contribution in [0.4, 0.5) is 4.39 Å². The third-order valence-corrected chi connectivity index (χ3v) is 3.29. The maximum absolute atomic E-state index is 14.0. The number of nitrogens with zero attached hydrogens (tertiary/aromatic N) is 3. The lowest BCUT2D eigenvalue weighted by atomic mass is 10.1. The first kappa shape index (κ1) is 12.7. The van der Waals surface area contributed by atoms with Crippen molar-refractivity contribution < 1.29 is 14.3 Å². The Morgan fingerprint density at radius 1 is 1.35 bits per heavy atom. The zero-order valence-corrected chi connectivity index (χ0v) is 11.5. The SMILES string of the molecule is O=C(O)c1cn2c(-c3ccc(Br)cc3F)ccnc2n1. The topological polar surface area (TPSA) is 67.5 Å². The second kappa shape index (κ2) is 4.68. The average Bonchev–Trinajstić information content (AvgIpc) is 2.83. The van der Waals surface area contributed by atoms with Crippen molar-refractivity contribution in [2.45, 2.75) is 0 Å². The van der Waals surface area contributed by atoms with Crippen LogP contribution in [0.2, 0.25) is 0 Å². The number of fused-ring (bicyclic) bond motifs is 1. The molecule has 0 amide bonds. The summed E-state index contributed by atoms with van der Waals surface area (Å²) in [5.41, 5.74) is 0.692. The molecule has 0 radical (unpaired) electrons. The molecule has 3 aromatic rings. The highest BCUT2D eigenvalue weighted by Crippen LogP contribution is 2.25. The van der Waals surface area contributed by atoms with Gasteiger partial charge in [0, 0.05) is 22.4 Å². The third kappa shape index (κ3) is 2.05. The van der Waals surface area contributed by atoms with Gasteiger partial charge >= 0.3 is 5.97 Å². The quantitative estimate of drug-likeness (QED) is 0.781. The van der Waals surface area contributed by atoms with Crippen LogP contribution in [0.25, 0.3) is 17.0 Å². The molecule has 5 nitrogen and oxygen atoms in total. The summed E-state index contributed by atoms with van der Waals surface area (Å²) in [6.45, 7) is 0. The molecular formula is C13H7BrFN3O2. The fraction of sp³-hybridized carbons (Fsp3) is 0. The Labute approximate surface area is 120 Å². The van der Waals surface area contributed by atoms with Crippen LogP contribution in [0.15, 0.2) is 41.1 Å². The number of carboxylic acid groups (broad SMARTS) is 1. The van der Waals surface area contributed by atoms with Crippen molar-refractivity contribution in [3.63, 3.8) is 0 Å². The molecular weight excluding hydrogens is 329 g/mol. The van der Waals surface area contributed by atoms with Crippen molar-refractivity contribution >= 4 is 27.7 Å². The maximum atomic E-state index is 14.0. The summed E-state index contributed by atoms with van der Waals surface area (Å²) in [6.07, 6.45) is 2.78. The number of hydrogen-bond acceptors (Lipinski definition) is 3. The van der Waals surface area contributed by atoms with E-state index < -0.39 is 11.8 Å². The normalized spacial score (nSPS) is 10.9. The highest BCUT2D eigenvalue weighted by molar-refractivity contribution is 9.10. The molecule has 0 saturated heterocycles. The van der Waals surface area contributed by atoms with Gasteiger partial charge in [-0.1, -0.05) is 15.9 Å². The van der Waals surface area contributed by atoms with E-state index in [1.807, 2.05) is 0 Å². The Morgan fingerprint density at radius 3 is 2.85 bits per heavy atom. The van der Waals surface area contributed by atoms with E-state index in [0.717, 1.165) is 0 Å². The first-order valence-electron chi connectivity index (χ1n) is 5.59. The summed E-state index contributed by atoms with van der Waals surface area (Å²) in [6, 6.07) is 6.26. The van der Waals surface area contributed by atoms with Gasteiger partial charge in [-0.25, -0.2) is 19.2 Å². The summed E-state index contributed by atoms with van der Waals surface area (Å²) in [5, 5.41) is 8.95. The lowest BCUT2D eigenvalue weighted by Gasteiger charge is -2.06. The predicted molar refractivity (Wildman–Crippen MR) is 73.0 cm³/mol. The monoisotopic (exact) mass is 335 g/mol. The van der Waals surface area contributed by atoms with Gasteiger partial charge in [0.05, 0.1) is 5.69 Å². The number of benzene rings is 1. The Balaban J connectivity index is 2.28. The van der Waals surface area contributed by atoms with Crippen molar-refractivity contribution in [2.24, 2.45) is 0 Å². The van der Waals surface area contributed by atoms with Crippen LogP contribution in [0.1, 0.15) is 10.5 Å². The number of rotatable bonds is 2. The van der Waals surface area contributed by atoms with Crippen molar-refractivity contribution in [3.8, 4) is 11.3 Å². The number of halogens is 2. The van der Waals surface area contributed by atoms with Gasteiger partial charge in [-0.05, 0) is 24.3 Å². The Kier molecular flexibility index (Phi) is 2.98. The van der Waals surface area contributed by atoms with E-state index in [1.165, 1.54) is 22.9 Å². The number of aromatic carboxylic acids is 1. The third-order valence-electron chi connectivity index (χ3n) is 2.80. The second-order valence-electron chi connectivity index (χ2n) is 4.06. The minimum Gasteiger partial charge on any atom is -0.476 e. The molecule has 0 bridgehead atoms. The number of carbonyl (C=O) groups is 1. The molecule has 2 aromatic heterocycles. The van der Waals surface area contributed by atoms with Gasteiger partial charge < -0.3 is 5.11 Å². The molecule has 0 spiro atoms. The lowest BCUT2D eigenvalue weighted by Crippen LogP contribution is -1.95. The van der Waals surface area contributed by atoms with Gasteiger partial charge in [-0.15, -0.1) is 0 Å². The molecule has 0 aliphatic rings. The van der Waals surface area contributed by atoms with E-state index in [9.17, 15) is 9.18 Å². The van der Waals surface area contributed by atoms with Crippen molar-refractivity contribution in [3.05, 3.63) is 52.6 Å². The van der Waals surface area contributed by atoms with Crippen molar-refractivity contribution in [1.29, 1.82) is 0 Å². The minimum absolute atomic E-state index is 0.137. The number of aromatic nitrogens is 3. The smallest absolute Gasteiger partial charge is 0.356 e. The average molecular weight is 336 g/mol. The van der Waals surface area contributed by atoms with E-state index in [1.54, 1.807) is 18.2 Å². The van der Waals surface area contributed by atoms with E-state index in [0.29, 0.717) is 15.7 Å². The molecule has 100 valence electrons. The lowest BCUT2D eigenvalue weighted by molar-refractivity contribution is 0.0691. The fourth-order valence-corrected chi connectivity index (χ4v) is 2.25. The van der Waals surface area contributed by atoms with Crippen molar-refractivity contribution in [2.75, 3.05) is 0 Å². The number of carboxylic acids is 1. The van der Waals surface area contributed by atoms with Crippen LogP contribution >= 0.6 is 15.9 Å². The molecule has 0 unspecified atom stereocenters. The highest BCUT2D eigenvalue weighted by atomic mass is 79.9. The Morgan fingerprint density at radius 2 is 2.15 bits per heavy atom. The van der Waals surface area contributed by atoms with Crippen LogP contribution in [-0.2, 0) is 0 Å². The standard InChI is InChI=1S/C13H7BrFN3O2/c14-7-1-2-8(9(15)5-7)11-3-4-16-13-17-10(12(19)20)6-18(11)13/h1-6H,(H,19,20). The molecule has 1 aromatic carbocycles. The van der Waals surface area contributed by atoms with E-state index in [2.05, 4.69) is 25.9 Å². The number of imidazole rings is 1. The maximum Gasteiger partial charge on any atom is 0.356 e. The molecule has 0 atom stereocenters. The number of hydrogen-bond donors (Lipinski definition) is 1. The molecule has 20 heavy (non-hydrogen) atoms. The summed E-state index contributed by atoms with van der Waals surface area (Å²) in [7, 11) is 0. The van der Waals surface area contributed by atoms with Gasteiger partial charge in [0.25, 0.3) is 0 Å². The van der Waals surface area contributed by atoms with Crippen LogP contribution in [0.5, 0.6) is 0 Å². The fourth-order valence-electron chi connectivity index (χ4n) is 1.91. The summed E-state index contributed by atoms with van der Waals surface area (Å²) < 4.78 is 16.1. The highest BCUT2D eigenvalue weighted by Gasteiger charge is 2.14. The second-order valence-corrected chi connectivity index (χ2v) is 4.97. The van der Waals surface area contributed by atoms with E-state index >= 15 is 0 Å². The largest absolute Gasteiger partial charge is 0.476 e. The molecule has 2 heterocycles. The zero-order chi connectivity index (χ0) is 14.3. The van der Waals surface area contributed by atoms with Crippen LogP contribution in [0, 0.1) is 5.82 Å².